The van der Waals surface area contributed by atoms with Crippen molar-refractivity contribution in [2.45, 2.75) is 77.3 Å². The van der Waals surface area contributed by atoms with Crippen LogP contribution in [-0.4, -0.2) is 6.17 Å². The van der Waals surface area contributed by atoms with Gasteiger partial charge in [0.2, 0.25) is 0 Å². The SMILES string of the molecule is CCCCCCCCCCCC(N(c1ccccc1)c1ccccc1)N(c1ccccc1)c1ccccc1. The second-order valence-electron chi connectivity index (χ2n) is 10.2. The fourth-order valence-electron chi connectivity index (χ4n) is 5.35. The van der Waals surface area contributed by atoms with Crippen molar-refractivity contribution >= 4 is 22.7 Å². The largest absolute Gasteiger partial charge is 0.320 e. The van der Waals surface area contributed by atoms with Crippen molar-refractivity contribution in [3.8, 4) is 0 Å². The number of rotatable bonds is 16. The van der Waals surface area contributed by atoms with Crippen LogP contribution >= 0.6 is 0 Å². The average Bonchev–Trinajstić information content (AvgIpc) is 2.98. The van der Waals surface area contributed by atoms with Gasteiger partial charge in [0, 0.05) is 22.7 Å². The first-order valence-corrected chi connectivity index (χ1v) is 14.7. The summed E-state index contributed by atoms with van der Waals surface area (Å²) in [5, 5.41) is 0. The molecule has 0 N–H and O–H groups in total. The highest BCUT2D eigenvalue weighted by atomic mass is 15.4. The lowest BCUT2D eigenvalue weighted by Gasteiger charge is -2.42. The van der Waals surface area contributed by atoms with Crippen LogP contribution in [0.25, 0.3) is 0 Å². The molecule has 0 aliphatic rings. The van der Waals surface area contributed by atoms with E-state index in [0.29, 0.717) is 0 Å². The van der Waals surface area contributed by atoms with Gasteiger partial charge in [-0.15, -0.1) is 0 Å². The van der Waals surface area contributed by atoms with Crippen LogP contribution in [0, 0.1) is 0 Å². The minimum absolute atomic E-state index is 0.133. The second kappa shape index (κ2) is 15.7. The standard InChI is InChI=1S/C36H44N2/c1-2-3-4-5-6-7-8-9-22-31-36(37(32-23-14-10-15-24-32)33-25-16-11-17-26-33)38(34-27-18-12-19-28-34)35-29-20-13-21-30-35/h10-21,23-30,36H,2-9,22,31H2,1H3. The summed E-state index contributed by atoms with van der Waals surface area (Å²) < 4.78 is 0. The Morgan fingerprint density at radius 3 is 1.00 bits per heavy atom. The Hall–Kier alpha value is -3.52. The van der Waals surface area contributed by atoms with Gasteiger partial charge in [-0.05, 0) is 61.4 Å². The summed E-state index contributed by atoms with van der Waals surface area (Å²) in [4.78, 5) is 5.06. The minimum atomic E-state index is 0.133. The van der Waals surface area contributed by atoms with Gasteiger partial charge >= 0.3 is 0 Å². The van der Waals surface area contributed by atoms with E-state index in [0.717, 1.165) is 6.42 Å². The van der Waals surface area contributed by atoms with E-state index >= 15 is 0 Å². The molecule has 2 nitrogen and oxygen atoms in total. The maximum absolute atomic E-state index is 2.53. The van der Waals surface area contributed by atoms with Gasteiger partial charge < -0.3 is 9.80 Å². The summed E-state index contributed by atoms with van der Waals surface area (Å²) in [6.07, 6.45) is 13.2. The van der Waals surface area contributed by atoms with Gasteiger partial charge in [0.1, 0.15) is 6.17 Å². The number of hydrogen-bond acceptors (Lipinski definition) is 2. The molecule has 0 aliphatic carbocycles. The van der Waals surface area contributed by atoms with Crippen LogP contribution in [-0.2, 0) is 0 Å². The zero-order valence-corrected chi connectivity index (χ0v) is 23.1. The van der Waals surface area contributed by atoms with Crippen LogP contribution in [0.15, 0.2) is 121 Å². The molecule has 4 aromatic carbocycles. The Bertz CT molecular complexity index is 967. The molecule has 0 aliphatic heterocycles. The Kier molecular flexibility index (Phi) is 11.3. The quantitative estimate of drug-likeness (QED) is 0.111. The smallest absolute Gasteiger partial charge is 0.111 e. The number of benzene rings is 4. The van der Waals surface area contributed by atoms with Crippen LogP contribution in [0.1, 0.15) is 71.1 Å². The molecule has 38 heavy (non-hydrogen) atoms. The van der Waals surface area contributed by atoms with Gasteiger partial charge in [0.15, 0.2) is 0 Å². The van der Waals surface area contributed by atoms with Crippen molar-refractivity contribution < 1.29 is 0 Å². The van der Waals surface area contributed by atoms with Crippen molar-refractivity contribution in [1.29, 1.82) is 0 Å². The molecule has 2 heteroatoms. The number of hydrogen-bond donors (Lipinski definition) is 0. The summed E-state index contributed by atoms with van der Waals surface area (Å²) in [6.45, 7) is 2.29. The lowest BCUT2D eigenvalue weighted by atomic mass is 10.0. The maximum atomic E-state index is 2.53. The molecule has 0 heterocycles. The predicted molar refractivity (Wildman–Crippen MR) is 166 cm³/mol. The molecule has 4 aromatic rings. The Labute approximate surface area is 231 Å². The van der Waals surface area contributed by atoms with E-state index in [9.17, 15) is 0 Å². The third-order valence-electron chi connectivity index (χ3n) is 7.30. The van der Waals surface area contributed by atoms with E-state index in [1.807, 2.05) is 0 Å². The van der Waals surface area contributed by atoms with Crippen LogP contribution in [0.2, 0.25) is 0 Å². The summed E-state index contributed by atoms with van der Waals surface area (Å²) in [5.41, 5.74) is 4.88. The van der Waals surface area contributed by atoms with Gasteiger partial charge in [0.25, 0.3) is 0 Å². The van der Waals surface area contributed by atoms with Crippen LogP contribution < -0.4 is 9.80 Å². The molecule has 0 fully saturated rings. The highest BCUT2D eigenvalue weighted by molar-refractivity contribution is 5.71. The summed E-state index contributed by atoms with van der Waals surface area (Å²) in [6, 6.07) is 43.5. The molecule has 0 aromatic heterocycles. The second-order valence-corrected chi connectivity index (χ2v) is 10.2. The number of unbranched alkanes of at least 4 members (excludes halogenated alkanes) is 8. The van der Waals surface area contributed by atoms with E-state index in [4.69, 9.17) is 0 Å². The predicted octanol–water partition coefficient (Wildman–Crippen LogP) is 10.9. The fraction of sp³-hybridized carbons (Fsp3) is 0.333. The van der Waals surface area contributed by atoms with Crippen molar-refractivity contribution in [3.63, 3.8) is 0 Å². The molecule has 0 spiro atoms. The molecule has 0 radical (unpaired) electrons. The van der Waals surface area contributed by atoms with E-state index in [1.54, 1.807) is 0 Å². The highest BCUT2D eigenvalue weighted by Gasteiger charge is 2.28. The first-order chi connectivity index (χ1) is 18.9. The molecule has 0 unspecified atom stereocenters. The number of nitrogens with zero attached hydrogens (tertiary/aromatic N) is 2. The van der Waals surface area contributed by atoms with E-state index in [2.05, 4.69) is 138 Å². The normalized spacial score (nSPS) is 11.0. The Morgan fingerprint density at radius 1 is 0.395 bits per heavy atom. The average molecular weight is 505 g/mol. The van der Waals surface area contributed by atoms with E-state index in [1.165, 1.54) is 80.5 Å². The Balaban J connectivity index is 1.64. The molecule has 0 saturated carbocycles. The number of para-hydroxylation sites is 4. The zero-order chi connectivity index (χ0) is 26.3. The third kappa shape index (κ3) is 7.99. The molecular weight excluding hydrogens is 460 g/mol. The molecule has 0 amide bonds. The van der Waals surface area contributed by atoms with Gasteiger partial charge in [-0.2, -0.15) is 0 Å². The molecule has 0 bridgehead atoms. The minimum Gasteiger partial charge on any atom is -0.320 e. The van der Waals surface area contributed by atoms with Gasteiger partial charge in [0.05, 0.1) is 0 Å². The van der Waals surface area contributed by atoms with Crippen molar-refractivity contribution in [2.75, 3.05) is 9.80 Å². The van der Waals surface area contributed by atoms with Gasteiger partial charge in [-0.1, -0.05) is 131 Å². The molecular formula is C36H44N2. The molecule has 4 rings (SSSR count). The third-order valence-corrected chi connectivity index (χ3v) is 7.30. The first kappa shape index (κ1) is 27.5. The van der Waals surface area contributed by atoms with Crippen LogP contribution in [0.3, 0.4) is 0 Å². The Morgan fingerprint density at radius 2 is 0.684 bits per heavy atom. The highest BCUT2D eigenvalue weighted by Crippen LogP contribution is 2.37. The fourth-order valence-corrected chi connectivity index (χ4v) is 5.35. The maximum Gasteiger partial charge on any atom is 0.111 e. The lowest BCUT2D eigenvalue weighted by Crippen LogP contribution is -2.44. The molecule has 0 saturated heterocycles. The van der Waals surface area contributed by atoms with Crippen LogP contribution in [0.4, 0.5) is 22.7 Å². The van der Waals surface area contributed by atoms with Crippen molar-refractivity contribution in [1.82, 2.24) is 0 Å². The van der Waals surface area contributed by atoms with Crippen LogP contribution in [0.5, 0.6) is 0 Å². The first-order valence-electron chi connectivity index (χ1n) is 14.7. The van der Waals surface area contributed by atoms with Gasteiger partial charge in [-0.25, -0.2) is 0 Å². The van der Waals surface area contributed by atoms with Crippen molar-refractivity contribution in [2.24, 2.45) is 0 Å². The molecule has 198 valence electrons. The summed E-state index contributed by atoms with van der Waals surface area (Å²) in [5.74, 6) is 0. The zero-order valence-electron chi connectivity index (χ0n) is 23.1. The monoisotopic (exact) mass is 504 g/mol. The molecule has 0 atom stereocenters. The van der Waals surface area contributed by atoms with Gasteiger partial charge in [-0.3, -0.25) is 0 Å². The van der Waals surface area contributed by atoms with E-state index < -0.39 is 0 Å². The summed E-state index contributed by atoms with van der Waals surface area (Å²) >= 11 is 0. The van der Waals surface area contributed by atoms with Crippen molar-refractivity contribution in [3.05, 3.63) is 121 Å². The number of anilines is 4. The topological polar surface area (TPSA) is 6.48 Å². The van der Waals surface area contributed by atoms with E-state index in [-0.39, 0.29) is 6.17 Å². The summed E-state index contributed by atoms with van der Waals surface area (Å²) in [7, 11) is 0. The lowest BCUT2D eigenvalue weighted by molar-refractivity contribution is 0.521.